The van der Waals surface area contributed by atoms with E-state index in [0.717, 1.165) is 44.2 Å². The van der Waals surface area contributed by atoms with Crippen LogP contribution in [0.15, 0.2) is 23.2 Å². The molecule has 1 aromatic carbocycles. The number of anilines is 1. The number of halogens is 3. The van der Waals surface area contributed by atoms with Crippen LogP contribution in [0.2, 0.25) is 0 Å². The predicted octanol–water partition coefficient (Wildman–Crippen LogP) is 3.46. The first-order valence-corrected chi connectivity index (χ1v) is 8.78. The van der Waals surface area contributed by atoms with Gasteiger partial charge in [-0.15, -0.1) is 24.0 Å². The lowest BCUT2D eigenvalue weighted by Gasteiger charge is -2.31. The zero-order valence-electron chi connectivity index (χ0n) is 14.6. The SMILES string of the molecule is CC1CCN(C(N)=NCC2CCN(c3ccc(F)c(F)c3)C2)CC1.I. The molecule has 2 N–H and O–H groups in total. The van der Waals surface area contributed by atoms with Crippen molar-refractivity contribution in [2.75, 3.05) is 37.6 Å². The third-order valence-electron chi connectivity index (χ3n) is 5.17. The quantitative estimate of drug-likeness (QED) is 0.424. The minimum absolute atomic E-state index is 0. The zero-order chi connectivity index (χ0) is 17.1. The molecular weight excluding hydrogens is 437 g/mol. The number of nitrogens with two attached hydrogens (primary N) is 1. The molecule has 1 aromatic rings. The van der Waals surface area contributed by atoms with Crippen molar-refractivity contribution in [2.24, 2.45) is 22.6 Å². The average Bonchev–Trinajstić information content (AvgIpc) is 3.05. The van der Waals surface area contributed by atoms with Gasteiger partial charge in [0, 0.05) is 44.5 Å². The Morgan fingerprint density at radius 3 is 2.56 bits per heavy atom. The van der Waals surface area contributed by atoms with Crippen molar-refractivity contribution in [3.05, 3.63) is 29.8 Å². The molecule has 0 aromatic heterocycles. The first kappa shape index (κ1) is 20.2. The summed E-state index contributed by atoms with van der Waals surface area (Å²) in [5.41, 5.74) is 6.86. The van der Waals surface area contributed by atoms with Gasteiger partial charge in [0.2, 0.25) is 0 Å². The van der Waals surface area contributed by atoms with Crippen molar-refractivity contribution in [3.63, 3.8) is 0 Å². The highest BCUT2D eigenvalue weighted by Crippen LogP contribution is 2.25. The van der Waals surface area contributed by atoms with Crippen molar-refractivity contribution >= 4 is 35.6 Å². The minimum atomic E-state index is -0.803. The summed E-state index contributed by atoms with van der Waals surface area (Å²) < 4.78 is 26.4. The fourth-order valence-corrected chi connectivity index (χ4v) is 3.46. The molecule has 1 atom stereocenters. The van der Waals surface area contributed by atoms with E-state index in [1.54, 1.807) is 6.07 Å². The molecule has 3 rings (SSSR count). The van der Waals surface area contributed by atoms with Gasteiger partial charge in [0.1, 0.15) is 0 Å². The number of guanidine groups is 1. The number of likely N-dealkylation sites (tertiary alicyclic amines) is 1. The number of aliphatic imine (C=N–C) groups is 1. The van der Waals surface area contributed by atoms with Gasteiger partial charge in [-0.05, 0) is 43.2 Å². The third kappa shape index (κ3) is 5.18. The van der Waals surface area contributed by atoms with Crippen LogP contribution in [-0.4, -0.2) is 43.6 Å². The van der Waals surface area contributed by atoms with Crippen LogP contribution in [0.5, 0.6) is 0 Å². The summed E-state index contributed by atoms with van der Waals surface area (Å²) in [6, 6.07) is 4.09. The van der Waals surface area contributed by atoms with Crippen molar-refractivity contribution in [1.29, 1.82) is 0 Å². The van der Waals surface area contributed by atoms with Gasteiger partial charge in [-0.3, -0.25) is 4.99 Å². The molecule has 2 aliphatic heterocycles. The summed E-state index contributed by atoms with van der Waals surface area (Å²) in [5, 5.41) is 0. The standard InChI is InChI=1S/C18H26F2N4.HI/c1-13-4-7-23(8-5-13)18(21)22-11-14-6-9-24(12-14)15-2-3-16(19)17(20)10-15;/h2-3,10,13-14H,4-9,11-12H2,1H3,(H2,21,22);1H. The minimum Gasteiger partial charge on any atom is -0.371 e. The molecule has 1 unspecified atom stereocenters. The van der Waals surface area contributed by atoms with Gasteiger partial charge >= 0.3 is 0 Å². The Balaban J connectivity index is 0.00000225. The Morgan fingerprint density at radius 2 is 1.88 bits per heavy atom. The van der Waals surface area contributed by atoms with Crippen LogP contribution in [0.4, 0.5) is 14.5 Å². The largest absolute Gasteiger partial charge is 0.371 e. The average molecular weight is 464 g/mol. The molecule has 2 fully saturated rings. The molecule has 4 nitrogen and oxygen atoms in total. The Kier molecular flexibility index (Phi) is 7.27. The summed E-state index contributed by atoms with van der Waals surface area (Å²) >= 11 is 0. The zero-order valence-corrected chi connectivity index (χ0v) is 17.0. The maximum Gasteiger partial charge on any atom is 0.191 e. The molecule has 25 heavy (non-hydrogen) atoms. The summed E-state index contributed by atoms with van der Waals surface area (Å²) in [7, 11) is 0. The smallest absolute Gasteiger partial charge is 0.191 e. The van der Waals surface area contributed by atoms with E-state index in [1.807, 2.05) is 0 Å². The molecule has 0 amide bonds. The molecule has 0 bridgehead atoms. The van der Waals surface area contributed by atoms with Crippen molar-refractivity contribution in [1.82, 2.24) is 4.90 Å². The number of nitrogens with zero attached hydrogens (tertiary/aromatic N) is 3. The fourth-order valence-electron chi connectivity index (χ4n) is 3.46. The third-order valence-corrected chi connectivity index (χ3v) is 5.17. The molecule has 2 aliphatic rings. The summed E-state index contributed by atoms with van der Waals surface area (Å²) in [4.78, 5) is 8.83. The number of piperidine rings is 1. The molecule has 0 spiro atoms. The van der Waals surface area contributed by atoms with Crippen LogP contribution >= 0.6 is 24.0 Å². The molecule has 0 radical (unpaired) electrons. The van der Waals surface area contributed by atoms with E-state index in [9.17, 15) is 8.78 Å². The van der Waals surface area contributed by atoms with Crippen LogP contribution in [0.1, 0.15) is 26.2 Å². The lowest BCUT2D eigenvalue weighted by atomic mass is 10.00. The molecule has 2 heterocycles. The topological polar surface area (TPSA) is 44.9 Å². The Hall–Kier alpha value is -1.12. The van der Waals surface area contributed by atoms with E-state index in [0.29, 0.717) is 18.4 Å². The van der Waals surface area contributed by atoms with Crippen molar-refractivity contribution in [2.45, 2.75) is 26.2 Å². The molecule has 7 heteroatoms. The summed E-state index contributed by atoms with van der Waals surface area (Å²) in [6.07, 6.45) is 3.33. The maximum atomic E-state index is 13.4. The van der Waals surface area contributed by atoms with Crippen LogP contribution in [-0.2, 0) is 0 Å². The second-order valence-electron chi connectivity index (χ2n) is 7.07. The molecule has 0 saturated carbocycles. The van der Waals surface area contributed by atoms with Gasteiger partial charge in [0.05, 0.1) is 0 Å². The number of rotatable bonds is 3. The Morgan fingerprint density at radius 1 is 1.16 bits per heavy atom. The van der Waals surface area contributed by atoms with Crippen LogP contribution in [0.25, 0.3) is 0 Å². The van der Waals surface area contributed by atoms with Gasteiger partial charge in [0.15, 0.2) is 17.6 Å². The second-order valence-corrected chi connectivity index (χ2v) is 7.07. The van der Waals surface area contributed by atoms with Gasteiger partial charge in [0.25, 0.3) is 0 Å². The van der Waals surface area contributed by atoms with Gasteiger partial charge in [-0.25, -0.2) is 8.78 Å². The van der Waals surface area contributed by atoms with Crippen molar-refractivity contribution in [3.8, 4) is 0 Å². The number of hydrogen-bond donors (Lipinski definition) is 1. The highest BCUT2D eigenvalue weighted by atomic mass is 127. The normalized spacial score (nSPS) is 22.2. The van der Waals surface area contributed by atoms with Crippen LogP contribution in [0.3, 0.4) is 0 Å². The lowest BCUT2D eigenvalue weighted by Crippen LogP contribution is -2.42. The highest BCUT2D eigenvalue weighted by Gasteiger charge is 2.24. The molecule has 2 saturated heterocycles. The summed E-state index contributed by atoms with van der Waals surface area (Å²) in [6.45, 7) is 6.59. The van der Waals surface area contributed by atoms with Crippen LogP contribution in [0, 0.1) is 23.5 Å². The predicted molar refractivity (Wildman–Crippen MR) is 109 cm³/mol. The van der Waals surface area contributed by atoms with E-state index >= 15 is 0 Å². The molecule has 0 aliphatic carbocycles. The van der Waals surface area contributed by atoms with Crippen molar-refractivity contribution < 1.29 is 8.78 Å². The Bertz CT molecular complexity index is 603. The van der Waals surface area contributed by atoms with E-state index in [-0.39, 0.29) is 24.0 Å². The maximum absolute atomic E-state index is 13.4. The number of benzene rings is 1. The van der Waals surface area contributed by atoms with E-state index in [2.05, 4.69) is 21.7 Å². The highest BCUT2D eigenvalue weighted by molar-refractivity contribution is 14.0. The second kappa shape index (κ2) is 9.00. The van der Waals surface area contributed by atoms with Gasteiger partial charge < -0.3 is 15.5 Å². The van der Waals surface area contributed by atoms with E-state index in [4.69, 9.17) is 5.73 Å². The van der Waals surface area contributed by atoms with E-state index in [1.165, 1.54) is 25.0 Å². The molecule has 140 valence electrons. The fraction of sp³-hybridized carbons (Fsp3) is 0.611. The lowest BCUT2D eigenvalue weighted by molar-refractivity contribution is 0.277. The number of hydrogen-bond acceptors (Lipinski definition) is 2. The summed E-state index contributed by atoms with van der Waals surface area (Å²) in [5.74, 6) is 0.224. The molecular formula is C18H27F2IN4. The first-order chi connectivity index (χ1) is 11.5. The van der Waals surface area contributed by atoms with Gasteiger partial charge in [-0.2, -0.15) is 0 Å². The van der Waals surface area contributed by atoms with Crippen LogP contribution < -0.4 is 10.6 Å². The van der Waals surface area contributed by atoms with Gasteiger partial charge in [-0.1, -0.05) is 6.92 Å². The monoisotopic (exact) mass is 464 g/mol. The first-order valence-electron chi connectivity index (χ1n) is 8.78. The Labute approximate surface area is 165 Å². The van der Waals surface area contributed by atoms with E-state index < -0.39 is 11.6 Å².